The zero-order valence-electron chi connectivity index (χ0n) is 20.2. The fourth-order valence-electron chi connectivity index (χ4n) is 5.50. The van der Waals surface area contributed by atoms with Gasteiger partial charge in [-0.1, -0.05) is 48.0 Å². The number of nitrogens with one attached hydrogen (secondary N) is 2. The monoisotopic (exact) mass is 585 g/mol. The third kappa shape index (κ3) is 4.24. The van der Waals surface area contributed by atoms with E-state index in [1.165, 1.54) is 0 Å². The number of carbonyl (C=O) groups is 1. The lowest BCUT2D eigenvalue weighted by Gasteiger charge is -2.26. The number of rotatable bonds is 7. The molecule has 0 aromatic heterocycles. The molecule has 3 aromatic carbocycles. The molecule has 10 heteroatoms. The normalized spacial score (nSPS) is 24.1. The van der Waals surface area contributed by atoms with Crippen molar-refractivity contribution in [2.24, 2.45) is 0 Å². The van der Waals surface area contributed by atoms with E-state index in [0.717, 1.165) is 5.56 Å². The lowest BCUT2D eigenvalue weighted by atomic mass is 9.78. The third-order valence-corrected chi connectivity index (χ3v) is 7.97. The molecule has 4 atom stereocenters. The number of nitro groups is 1. The Kier molecular flexibility index (Phi) is 6.87. The van der Waals surface area contributed by atoms with Crippen molar-refractivity contribution in [1.29, 1.82) is 0 Å². The van der Waals surface area contributed by atoms with E-state index in [0.29, 0.717) is 44.4 Å². The second-order valence-corrected chi connectivity index (χ2v) is 10.4. The van der Waals surface area contributed by atoms with Crippen molar-refractivity contribution in [1.82, 2.24) is 5.32 Å². The van der Waals surface area contributed by atoms with Crippen LogP contribution in [0, 0.1) is 10.1 Å². The molecule has 1 saturated heterocycles. The molecule has 2 heterocycles. The van der Waals surface area contributed by atoms with E-state index in [-0.39, 0.29) is 17.6 Å². The van der Waals surface area contributed by atoms with Gasteiger partial charge in [0, 0.05) is 32.8 Å². The van der Waals surface area contributed by atoms with Crippen LogP contribution < -0.4 is 20.1 Å². The topological polar surface area (TPSA) is 103 Å². The Bertz CT molecular complexity index is 1390. The van der Waals surface area contributed by atoms with Gasteiger partial charge in [-0.05, 0) is 59.6 Å². The molecule has 0 unspecified atom stereocenters. The second-order valence-electron chi connectivity index (χ2n) is 9.14. The van der Waals surface area contributed by atoms with Crippen LogP contribution in [0.25, 0.3) is 0 Å². The van der Waals surface area contributed by atoms with E-state index in [2.05, 4.69) is 26.6 Å². The average Bonchev–Trinajstić information content (AvgIpc) is 3.33. The summed E-state index contributed by atoms with van der Waals surface area (Å²) in [6.07, 6.45) is 0. The number of nitrogens with zero attached hydrogens (tertiary/aromatic N) is 1. The van der Waals surface area contributed by atoms with E-state index in [1.54, 1.807) is 36.4 Å². The van der Waals surface area contributed by atoms with Gasteiger partial charge in [0.2, 0.25) is 0 Å². The smallest absolute Gasteiger partial charge is 0.256 e. The number of halogens is 2. The molecule has 1 amide bonds. The van der Waals surface area contributed by atoms with E-state index >= 15 is 0 Å². The molecule has 1 fully saturated rings. The summed E-state index contributed by atoms with van der Waals surface area (Å²) in [6.45, 7) is 4.30. The highest BCUT2D eigenvalue weighted by atomic mass is 79.9. The summed E-state index contributed by atoms with van der Waals surface area (Å²) in [7, 11) is 0. The predicted molar refractivity (Wildman–Crippen MR) is 144 cm³/mol. The van der Waals surface area contributed by atoms with Gasteiger partial charge in [-0.25, -0.2) is 0 Å². The van der Waals surface area contributed by atoms with Gasteiger partial charge in [0.1, 0.15) is 6.61 Å². The molecule has 2 aliphatic heterocycles. The number of para-hydroxylation sites is 1. The Labute approximate surface area is 227 Å². The minimum absolute atomic E-state index is 0.219. The number of ether oxygens (including phenoxy) is 2. The number of benzene rings is 3. The van der Waals surface area contributed by atoms with E-state index < -0.39 is 23.4 Å². The van der Waals surface area contributed by atoms with Crippen LogP contribution in [-0.4, -0.2) is 29.5 Å². The van der Waals surface area contributed by atoms with Crippen molar-refractivity contribution in [3.05, 3.63) is 97.0 Å². The van der Waals surface area contributed by atoms with Crippen LogP contribution in [0.4, 0.5) is 5.69 Å². The van der Waals surface area contributed by atoms with Crippen LogP contribution >= 0.6 is 27.5 Å². The molecular formula is C27H25BrClN3O5. The molecule has 0 radical (unpaired) electrons. The summed E-state index contributed by atoms with van der Waals surface area (Å²) in [4.78, 5) is 25.5. The van der Waals surface area contributed by atoms with Gasteiger partial charge in [0.15, 0.2) is 17.0 Å². The van der Waals surface area contributed by atoms with Gasteiger partial charge in [-0.2, -0.15) is 0 Å². The highest BCUT2D eigenvalue weighted by molar-refractivity contribution is 9.10. The fourth-order valence-corrected chi connectivity index (χ4v) is 6.27. The Morgan fingerprint density at radius 1 is 1.14 bits per heavy atom. The Morgan fingerprint density at radius 2 is 1.86 bits per heavy atom. The molecule has 192 valence electrons. The van der Waals surface area contributed by atoms with Gasteiger partial charge in [-0.15, -0.1) is 0 Å². The molecule has 2 N–H and O–H groups in total. The molecule has 0 saturated carbocycles. The number of carbonyl (C=O) groups excluding carboxylic acids is 1. The molecule has 0 bridgehead atoms. The molecule has 3 aromatic rings. The Morgan fingerprint density at radius 3 is 2.59 bits per heavy atom. The second kappa shape index (κ2) is 9.96. The first kappa shape index (κ1) is 25.5. The molecule has 5 rings (SSSR count). The standard InChI is InChI=1S/C27H25BrClN3O5/c1-3-36-22-13-17(12-19(28)24(22)37-14-16-8-4-6-10-20(16)29)23-15(2)31-27(25(23)32(34)35)18-9-5-7-11-21(18)30-26(27)33/h4-13,15,23,25,31H,3,14H2,1-2H3,(H,30,33)/t15-,23-,25-,27-/m0/s1. The van der Waals surface area contributed by atoms with Crippen LogP contribution in [0.2, 0.25) is 5.02 Å². The fraction of sp³-hybridized carbons (Fsp3) is 0.296. The predicted octanol–water partition coefficient (Wildman–Crippen LogP) is 5.65. The molecule has 0 aliphatic carbocycles. The van der Waals surface area contributed by atoms with Crippen LogP contribution in [0.3, 0.4) is 0 Å². The van der Waals surface area contributed by atoms with Gasteiger partial charge in [-0.3, -0.25) is 20.2 Å². The van der Waals surface area contributed by atoms with Crippen molar-refractivity contribution < 1.29 is 19.2 Å². The third-order valence-electron chi connectivity index (χ3n) is 7.01. The largest absolute Gasteiger partial charge is 0.490 e. The SMILES string of the molecule is CCOc1cc([C@@H]2[C@H](C)N[C@]3(C(=O)Nc4ccccc43)[C@H]2[N+](=O)[O-])cc(Br)c1OCc1ccccc1Cl. The van der Waals surface area contributed by atoms with Crippen molar-refractivity contribution in [2.75, 3.05) is 11.9 Å². The molecule has 2 aliphatic rings. The number of hydrogen-bond donors (Lipinski definition) is 2. The summed E-state index contributed by atoms with van der Waals surface area (Å²) in [5.41, 5.74) is 1.16. The van der Waals surface area contributed by atoms with Gasteiger partial charge < -0.3 is 14.8 Å². The lowest BCUT2D eigenvalue weighted by Crippen LogP contribution is -2.54. The highest BCUT2D eigenvalue weighted by Gasteiger charge is 2.67. The molecule has 8 nitrogen and oxygen atoms in total. The van der Waals surface area contributed by atoms with Gasteiger partial charge in [0.25, 0.3) is 11.9 Å². The van der Waals surface area contributed by atoms with Crippen LogP contribution in [0.15, 0.2) is 65.1 Å². The molecule has 1 spiro atoms. The number of amides is 1. The Balaban J connectivity index is 1.55. The quantitative estimate of drug-likeness (QED) is 0.274. The van der Waals surface area contributed by atoms with E-state index in [9.17, 15) is 14.9 Å². The number of anilines is 1. The van der Waals surface area contributed by atoms with E-state index in [1.807, 2.05) is 38.1 Å². The summed E-state index contributed by atoms with van der Waals surface area (Å²) in [5, 5.41) is 19.3. The first-order chi connectivity index (χ1) is 17.8. The van der Waals surface area contributed by atoms with Crippen LogP contribution in [0.5, 0.6) is 11.5 Å². The van der Waals surface area contributed by atoms with Gasteiger partial charge in [0.05, 0.1) is 17.0 Å². The minimum Gasteiger partial charge on any atom is -0.490 e. The molecule has 37 heavy (non-hydrogen) atoms. The first-order valence-electron chi connectivity index (χ1n) is 11.9. The van der Waals surface area contributed by atoms with Crippen molar-refractivity contribution in [3.63, 3.8) is 0 Å². The summed E-state index contributed by atoms with van der Waals surface area (Å²) in [6, 6.07) is 16.4. The van der Waals surface area contributed by atoms with E-state index in [4.69, 9.17) is 21.1 Å². The van der Waals surface area contributed by atoms with Crippen molar-refractivity contribution >= 4 is 39.1 Å². The minimum atomic E-state index is -1.48. The maximum atomic E-state index is 13.3. The highest BCUT2D eigenvalue weighted by Crippen LogP contribution is 2.51. The summed E-state index contributed by atoms with van der Waals surface area (Å²) >= 11 is 9.87. The van der Waals surface area contributed by atoms with Crippen LogP contribution in [0.1, 0.15) is 36.5 Å². The lowest BCUT2D eigenvalue weighted by molar-refractivity contribution is -0.532. The summed E-state index contributed by atoms with van der Waals surface area (Å²) in [5.74, 6) is -0.125. The Hall–Kier alpha value is -3.14. The van der Waals surface area contributed by atoms with Gasteiger partial charge >= 0.3 is 0 Å². The zero-order chi connectivity index (χ0) is 26.3. The van der Waals surface area contributed by atoms with Crippen molar-refractivity contribution in [3.8, 4) is 11.5 Å². The number of fused-ring (bicyclic) bond motifs is 2. The summed E-state index contributed by atoms with van der Waals surface area (Å²) < 4.78 is 12.6. The first-order valence-corrected chi connectivity index (χ1v) is 13.1. The molecular weight excluding hydrogens is 562 g/mol. The number of hydrogen-bond acceptors (Lipinski definition) is 6. The zero-order valence-corrected chi connectivity index (χ0v) is 22.5. The maximum Gasteiger partial charge on any atom is 0.256 e. The maximum absolute atomic E-state index is 13.3. The van der Waals surface area contributed by atoms with Crippen LogP contribution in [-0.2, 0) is 16.9 Å². The van der Waals surface area contributed by atoms with Crippen molar-refractivity contribution in [2.45, 2.75) is 44.0 Å². The average molecular weight is 587 g/mol.